The van der Waals surface area contributed by atoms with Crippen LogP contribution < -0.4 is 0 Å². The van der Waals surface area contributed by atoms with Crippen LogP contribution in [0, 0.1) is 18.3 Å². The second-order valence-corrected chi connectivity index (χ2v) is 4.64. The topological polar surface area (TPSA) is 71.7 Å². The molecule has 5 nitrogen and oxygen atoms in total. The molecule has 0 N–H and O–H groups in total. The van der Waals surface area contributed by atoms with E-state index in [2.05, 4.69) is 21.0 Å². The molecule has 3 heterocycles. The van der Waals surface area contributed by atoms with Gasteiger partial charge in [0.1, 0.15) is 0 Å². The average Bonchev–Trinajstić information content (AvgIpc) is 2.39. The second-order valence-electron chi connectivity index (χ2n) is 4.64. The lowest BCUT2D eigenvalue weighted by atomic mass is 9.86. The highest BCUT2D eigenvalue weighted by Crippen LogP contribution is 2.30. The molecule has 94 valence electrons. The summed E-state index contributed by atoms with van der Waals surface area (Å²) in [7, 11) is 0. The van der Waals surface area contributed by atoms with Gasteiger partial charge in [-0.2, -0.15) is 5.26 Å². The van der Waals surface area contributed by atoms with Crippen molar-refractivity contribution >= 4 is 0 Å². The summed E-state index contributed by atoms with van der Waals surface area (Å²) < 4.78 is 5.16. The standard InChI is InChI=1S/C14H12N4O/c1-10-6-12(11-2-4-16-5-3-11)18-13(17-10)14(7-15)8-19-9-14/h2-6H,8-9H2,1H3. The van der Waals surface area contributed by atoms with Crippen LogP contribution in [0.15, 0.2) is 30.6 Å². The predicted molar refractivity (Wildman–Crippen MR) is 68.1 cm³/mol. The van der Waals surface area contributed by atoms with Crippen molar-refractivity contribution in [2.45, 2.75) is 12.3 Å². The summed E-state index contributed by atoms with van der Waals surface area (Å²) in [6.45, 7) is 2.63. The van der Waals surface area contributed by atoms with Crippen LogP contribution >= 0.6 is 0 Å². The Morgan fingerprint density at radius 1 is 1.26 bits per heavy atom. The minimum atomic E-state index is -0.687. The molecule has 2 aromatic heterocycles. The number of hydrogen-bond acceptors (Lipinski definition) is 5. The summed E-state index contributed by atoms with van der Waals surface area (Å²) in [6.07, 6.45) is 3.44. The summed E-state index contributed by atoms with van der Waals surface area (Å²) in [5, 5.41) is 9.32. The van der Waals surface area contributed by atoms with E-state index in [1.54, 1.807) is 12.4 Å². The molecule has 0 radical (unpaired) electrons. The molecular weight excluding hydrogens is 240 g/mol. The van der Waals surface area contributed by atoms with Crippen LogP contribution in [-0.4, -0.2) is 28.2 Å². The lowest BCUT2D eigenvalue weighted by Gasteiger charge is -2.33. The van der Waals surface area contributed by atoms with Gasteiger partial charge in [-0.1, -0.05) is 0 Å². The molecule has 0 atom stereocenters. The first kappa shape index (κ1) is 11.8. The van der Waals surface area contributed by atoms with Gasteiger partial charge in [0.05, 0.1) is 25.0 Å². The molecule has 0 saturated carbocycles. The third-order valence-electron chi connectivity index (χ3n) is 3.17. The molecule has 3 rings (SSSR count). The zero-order valence-electron chi connectivity index (χ0n) is 10.5. The van der Waals surface area contributed by atoms with Crippen molar-refractivity contribution in [2.75, 3.05) is 13.2 Å². The van der Waals surface area contributed by atoms with Crippen LogP contribution in [0.25, 0.3) is 11.3 Å². The maximum atomic E-state index is 9.32. The van der Waals surface area contributed by atoms with Gasteiger partial charge in [-0.15, -0.1) is 0 Å². The smallest absolute Gasteiger partial charge is 0.163 e. The normalized spacial score (nSPS) is 16.4. The van der Waals surface area contributed by atoms with Crippen LogP contribution in [0.5, 0.6) is 0 Å². The van der Waals surface area contributed by atoms with E-state index < -0.39 is 5.41 Å². The van der Waals surface area contributed by atoms with Crippen molar-refractivity contribution in [2.24, 2.45) is 0 Å². The van der Waals surface area contributed by atoms with Crippen molar-refractivity contribution < 1.29 is 4.74 Å². The van der Waals surface area contributed by atoms with E-state index in [1.165, 1.54) is 0 Å². The van der Waals surface area contributed by atoms with Crippen molar-refractivity contribution in [3.8, 4) is 17.3 Å². The Balaban J connectivity index is 2.09. The van der Waals surface area contributed by atoms with Gasteiger partial charge in [0.2, 0.25) is 0 Å². The summed E-state index contributed by atoms with van der Waals surface area (Å²) >= 11 is 0. The molecule has 5 heteroatoms. The largest absolute Gasteiger partial charge is 0.377 e. The molecule has 0 unspecified atom stereocenters. The fraction of sp³-hybridized carbons (Fsp3) is 0.286. The Bertz CT molecular complexity index is 644. The summed E-state index contributed by atoms with van der Waals surface area (Å²) in [5.41, 5.74) is 1.94. The number of nitriles is 1. The van der Waals surface area contributed by atoms with Gasteiger partial charge in [-0.3, -0.25) is 4.98 Å². The maximum absolute atomic E-state index is 9.32. The van der Waals surface area contributed by atoms with E-state index in [4.69, 9.17) is 4.74 Å². The minimum absolute atomic E-state index is 0.364. The molecule has 0 spiro atoms. The SMILES string of the molecule is Cc1cc(-c2ccncc2)nc(C2(C#N)COC2)n1. The van der Waals surface area contributed by atoms with E-state index >= 15 is 0 Å². The monoisotopic (exact) mass is 252 g/mol. The second kappa shape index (κ2) is 4.41. The Morgan fingerprint density at radius 3 is 2.58 bits per heavy atom. The Labute approximate surface area is 110 Å². The summed E-state index contributed by atoms with van der Waals surface area (Å²) in [4.78, 5) is 12.9. The number of pyridine rings is 1. The van der Waals surface area contributed by atoms with Crippen LogP contribution in [0.2, 0.25) is 0 Å². The molecule has 1 aliphatic heterocycles. The van der Waals surface area contributed by atoms with Gasteiger partial charge in [0.15, 0.2) is 11.2 Å². The molecule has 0 bridgehead atoms. The van der Waals surface area contributed by atoms with Gasteiger partial charge in [-0.25, -0.2) is 9.97 Å². The molecular formula is C14H12N4O. The minimum Gasteiger partial charge on any atom is -0.377 e. The Hall–Kier alpha value is -2.32. The molecule has 1 saturated heterocycles. The average molecular weight is 252 g/mol. The lowest BCUT2D eigenvalue weighted by Crippen LogP contribution is -2.47. The van der Waals surface area contributed by atoms with Gasteiger partial charge in [0.25, 0.3) is 0 Å². The van der Waals surface area contributed by atoms with Crippen LogP contribution in [0.4, 0.5) is 0 Å². The number of nitrogens with zero attached hydrogens (tertiary/aromatic N) is 4. The fourth-order valence-corrected chi connectivity index (χ4v) is 2.00. The lowest BCUT2D eigenvalue weighted by molar-refractivity contribution is -0.0339. The number of ether oxygens (including phenoxy) is 1. The quantitative estimate of drug-likeness (QED) is 0.812. The fourth-order valence-electron chi connectivity index (χ4n) is 2.00. The number of hydrogen-bond donors (Lipinski definition) is 0. The zero-order chi connectivity index (χ0) is 13.3. The number of rotatable bonds is 2. The summed E-state index contributed by atoms with van der Waals surface area (Å²) in [6, 6.07) is 7.96. The summed E-state index contributed by atoms with van der Waals surface area (Å²) in [5.74, 6) is 0.549. The first-order valence-corrected chi connectivity index (χ1v) is 5.99. The predicted octanol–water partition coefficient (Wildman–Crippen LogP) is 1.64. The molecule has 19 heavy (non-hydrogen) atoms. The highest BCUT2D eigenvalue weighted by atomic mass is 16.5. The molecule has 1 aliphatic rings. The van der Waals surface area contributed by atoms with E-state index in [0.717, 1.165) is 17.0 Å². The van der Waals surface area contributed by atoms with Crippen LogP contribution in [-0.2, 0) is 10.2 Å². The van der Waals surface area contributed by atoms with Crippen molar-refractivity contribution in [3.05, 3.63) is 42.1 Å². The number of aryl methyl sites for hydroxylation is 1. The van der Waals surface area contributed by atoms with E-state index in [-0.39, 0.29) is 0 Å². The molecule has 0 aliphatic carbocycles. The highest BCUT2D eigenvalue weighted by Gasteiger charge is 2.44. The van der Waals surface area contributed by atoms with Gasteiger partial charge < -0.3 is 4.74 Å². The molecule has 0 aromatic carbocycles. The van der Waals surface area contributed by atoms with E-state index in [1.807, 2.05) is 25.1 Å². The third kappa shape index (κ3) is 1.96. The number of aromatic nitrogens is 3. The molecule has 1 fully saturated rings. The first-order chi connectivity index (χ1) is 9.23. The zero-order valence-corrected chi connectivity index (χ0v) is 10.5. The maximum Gasteiger partial charge on any atom is 0.163 e. The highest BCUT2D eigenvalue weighted by molar-refractivity contribution is 5.58. The van der Waals surface area contributed by atoms with Crippen molar-refractivity contribution in [3.63, 3.8) is 0 Å². The van der Waals surface area contributed by atoms with Crippen LogP contribution in [0.1, 0.15) is 11.5 Å². The third-order valence-corrected chi connectivity index (χ3v) is 3.17. The van der Waals surface area contributed by atoms with Gasteiger partial charge >= 0.3 is 0 Å². The Morgan fingerprint density at radius 2 is 2.00 bits per heavy atom. The first-order valence-electron chi connectivity index (χ1n) is 5.99. The van der Waals surface area contributed by atoms with Gasteiger partial charge in [-0.05, 0) is 25.1 Å². The van der Waals surface area contributed by atoms with Crippen LogP contribution in [0.3, 0.4) is 0 Å². The molecule has 2 aromatic rings. The molecule has 0 amide bonds. The van der Waals surface area contributed by atoms with Crippen molar-refractivity contribution in [1.29, 1.82) is 5.26 Å². The van der Waals surface area contributed by atoms with Gasteiger partial charge in [0, 0.05) is 23.7 Å². The van der Waals surface area contributed by atoms with Crippen molar-refractivity contribution in [1.82, 2.24) is 15.0 Å². The Kier molecular flexibility index (Phi) is 2.73. The van der Waals surface area contributed by atoms with E-state index in [0.29, 0.717) is 19.0 Å². The van der Waals surface area contributed by atoms with E-state index in [9.17, 15) is 5.26 Å².